The van der Waals surface area contributed by atoms with Crippen LogP contribution >= 0.6 is 0 Å². The summed E-state index contributed by atoms with van der Waals surface area (Å²) < 4.78 is 11.4. The second-order valence-corrected chi connectivity index (χ2v) is 13.9. The molecule has 1 atom stereocenters. The first-order chi connectivity index (χ1) is 14.4. The van der Waals surface area contributed by atoms with Gasteiger partial charge in [-0.15, -0.1) is 0 Å². The minimum Gasteiger partial charge on any atom is -0.463 e. The zero-order chi connectivity index (χ0) is 23.7. The highest BCUT2D eigenvalue weighted by molar-refractivity contribution is 6.74. The van der Waals surface area contributed by atoms with Gasteiger partial charge in [0.1, 0.15) is 5.78 Å². The van der Waals surface area contributed by atoms with E-state index in [-0.39, 0.29) is 42.9 Å². The predicted molar refractivity (Wildman–Crippen MR) is 125 cm³/mol. The van der Waals surface area contributed by atoms with Crippen LogP contribution in [0.3, 0.4) is 0 Å². The largest absolute Gasteiger partial charge is 0.463 e. The number of ether oxygens (including phenoxy) is 1. The van der Waals surface area contributed by atoms with Crippen LogP contribution in [0.25, 0.3) is 0 Å². The number of rotatable bonds is 11. The number of hydrogen-bond donors (Lipinski definition) is 0. The summed E-state index contributed by atoms with van der Waals surface area (Å²) in [5, 5.41) is -0.00391. The molecule has 0 saturated carbocycles. The van der Waals surface area contributed by atoms with Gasteiger partial charge in [-0.2, -0.15) is 0 Å². The first-order valence-corrected chi connectivity index (χ1v) is 13.6. The van der Waals surface area contributed by atoms with Crippen LogP contribution in [0.15, 0.2) is 42.5 Å². The number of carbonyl (C=O) groups excluding carboxylic acids is 3. The molecule has 0 spiro atoms. The molecule has 0 bridgehead atoms. The Balaban J connectivity index is 3.26. The monoisotopic (exact) mass is 447 g/mol. The molecule has 172 valence electrons. The third-order valence-corrected chi connectivity index (χ3v) is 10.0. The Hall–Kier alpha value is -2.25. The number of carbonyl (C=O) groups is 3. The third-order valence-electron chi connectivity index (χ3n) is 5.55. The van der Waals surface area contributed by atoms with Gasteiger partial charge < -0.3 is 14.1 Å². The van der Waals surface area contributed by atoms with Gasteiger partial charge in [0.25, 0.3) is 5.91 Å². The number of hydrogen-bond acceptors (Lipinski definition) is 5. The van der Waals surface area contributed by atoms with Gasteiger partial charge in [0.05, 0.1) is 19.3 Å². The first-order valence-electron chi connectivity index (χ1n) is 10.7. The summed E-state index contributed by atoms with van der Waals surface area (Å²) in [6.07, 6.45) is 3.21. The van der Waals surface area contributed by atoms with Gasteiger partial charge >= 0.3 is 5.97 Å². The van der Waals surface area contributed by atoms with E-state index in [0.717, 1.165) is 0 Å². The molecule has 0 aliphatic rings. The van der Waals surface area contributed by atoms with Crippen LogP contribution in [0.2, 0.25) is 18.1 Å². The minimum atomic E-state index is -2.10. The van der Waals surface area contributed by atoms with E-state index in [2.05, 4.69) is 33.9 Å². The zero-order valence-corrected chi connectivity index (χ0v) is 20.9. The van der Waals surface area contributed by atoms with Crippen molar-refractivity contribution in [3.8, 4) is 0 Å². The van der Waals surface area contributed by atoms with E-state index in [1.807, 2.05) is 6.07 Å². The molecule has 1 aromatic rings. The molecule has 1 unspecified atom stereocenters. The molecule has 0 aliphatic heterocycles. The van der Waals surface area contributed by atoms with Gasteiger partial charge in [0.2, 0.25) is 0 Å². The van der Waals surface area contributed by atoms with E-state index >= 15 is 0 Å². The van der Waals surface area contributed by atoms with Crippen molar-refractivity contribution < 1.29 is 23.5 Å². The van der Waals surface area contributed by atoms with Crippen LogP contribution in [0.4, 0.5) is 0 Å². The molecule has 0 heterocycles. The van der Waals surface area contributed by atoms with E-state index in [1.54, 1.807) is 42.2 Å². The van der Waals surface area contributed by atoms with Gasteiger partial charge in [0.15, 0.2) is 8.32 Å². The summed E-state index contributed by atoms with van der Waals surface area (Å²) in [6, 6.07) is 8.41. The topological polar surface area (TPSA) is 72.9 Å². The van der Waals surface area contributed by atoms with Crippen LogP contribution in [0.5, 0.6) is 0 Å². The molecule has 1 amide bonds. The average Bonchev–Trinajstić information content (AvgIpc) is 2.69. The van der Waals surface area contributed by atoms with Crippen molar-refractivity contribution in [3.63, 3.8) is 0 Å². The highest BCUT2D eigenvalue weighted by atomic mass is 28.4. The van der Waals surface area contributed by atoms with Gasteiger partial charge in [0, 0.05) is 24.6 Å². The molecule has 6 nitrogen and oxygen atoms in total. The lowest BCUT2D eigenvalue weighted by molar-refractivity contribution is -0.137. The first kappa shape index (κ1) is 26.8. The Labute approximate surface area is 187 Å². The molecule has 0 aromatic heterocycles. The molecule has 31 heavy (non-hydrogen) atoms. The zero-order valence-electron chi connectivity index (χ0n) is 19.9. The fourth-order valence-electron chi connectivity index (χ4n) is 2.58. The SMILES string of the molecule is CCOC(=O)/C=C/C(CO[Si](C)(C)C(C)(C)C)N(CCC(C)=O)C(=O)c1ccccc1. The van der Waals surface area contributed by atoms with Crippen molar-refractivity contribution in [1.29, 1.82) is 0 Å². The molecule has 0 saturated heterocycles. The number of benzene rings is 1. The molecule has 0 fully saturated rings. The van der Waals surface area contributed by atoms with Gasteiger partial charge in [-0.25, -0.2) is 4.79 Å². The Morgan fingerprint density at radius 2 is 1.74 bits per heavy atom. The summed E-state index contributed by atoms with van der Waals surface area (Å²) in [4.78, 5) is 38.5. The molecule has 1 rings (SSSR count). The van der Waals surface area contributed by atoms with E-state index in [9.17, 15) is 14.4 Å². The molecule has 0 aliphatic carbocycles. The molecule has 1 aromatic carbocycles. The number of Topliss-reactive ketones (excluding diaryl/α,β-unsaturated/α-hetero) is 1. The summed E-state index contributed by atoms with van der Waals surface area (Å²) in [5.41, 5.74) is 0.521. The summed E-state index contributed by atoms with van der Waals surface area (Å²) >= 11 is 0. The predicted octanol–water partition coefficient (Wildman–Crippen LogP) is 4.62. The van der Waals surface area contributed by atoms with E-state index < -0.39 is 20.3 Å². The maximum Gasteiger partial charge on any atom is 0.330 e. The number of esters is 1. The summed E-state index contributed by atoms with van der Waals surface area (Å²) in [7, 11) is -2.10. The second kappa shape index (κ2) is 12.0. The lowest BCUT2D eigenvalue weighted by Gasteiger charge is -2.39. The lowest BCUT2D eigenvalue weighted by atomic mass is 10.1. The van der Waals surface area contributed by atoms with Crippen molar-refractivity contribution in [2.75, 3.05) is 19.8 Å². The molecular weight excluding hydrogens is 410 g/mol. The van der Waals surface area contributed by atoms with Crippen molar-refractivity contribution in [3.05, 3.63) is 48.0 Å². The lowest BCUT2D eigenvalue weighted by Crippen LogP contribution is -2.48. The highest BCUT2D eigenvalue weighted by Gasteiger charge is 2.38. The van der Waals surface area contributed by atoms with Crippen LogP contribution in [-0.2, 0) is 18.8 Å². The number of ketones is 1. The van der Waals surface area contributed by atoms with Gasteiger partial charge in [-0.1, -0.05) is 45.0 Å². The van der Waals surface area contributed by atoms with Crippen LogP contribution in [0.1, 0.15) is 51.4 Å². The molecular formula is C24H37NO5Si. The highest BCUT2D eigenvalue weighted by Crippen LogP contribution is 2.36. The maximum absolute atomic E-state index is 13.3. The summed E-state index contributed by atoms with van der Waals surface area (Å²) in [6.45, 7) is 14.7. The minimum absolute atomic E-state index is 0.00391. The molecule has 0 radical (unpaired) electrons. The Bertz CT molecular complexity index is 768. The van der Waals surface area contributed by atoms with Crippen LogP contribution < -0.4 is 0 Å². The van der Waals surface area contributed by atoms with Crippen LogP contribution in [0, 0.1) is 0 Å². The van der Waals surface area contributed by atoms with Gasteiger partial charge in [-0.05, 0) is 44.1 Å². The molecule has 0 N–H and O–H groups in total. The average molecular weight is 448 g/mol. The quantitative estimate of drug-likeness (QED) is 0.281. The standard InChI is InChI=1S/C24H37NO5Si/c1-8-29-22(27)15-14-21(18-30-31(6,7)24(3,4)5)25(17-16-19(2)26)23(28)20-12-10-9-11-13-20/h9-15,21H,8,16-18H2,1-7H3/b15-14+. The third kappa shape index (κ3) is 8.79. The van der Waals surface area contributed by atoms with Crippen molar-refractivity contribution >= 4 is 26.0 Å². The van der Waals surface area contributed by atoms with Crippen LogP contribution in [-0.4, -0.2) is 56.7 Å². The Morgan fingerprint density at radius 1 is 1.13 bits per heavy atom. The van der Waals surface area contributed by atoms with Crippen molar-refractivity contribution in [1.82, 2.24) is 4.90 Å². The smallest absolute Gasteiger partial charge is 0.330 e. The van der Waals surface area contributed by atoms with Crippen molar-refractivity contribution in [2.45, 2.75) is 65.2 Å². The fraction of sp³-hybridized carbons (Fsp3) is 0.542. The molecule has 7 heteroatoms. The number of amides is 1. The fourth-order valence-corrected chi connectivity index (χ4v) is 3.60. The maximum atomic E-state index is 13.3. The second-order valence-electron chi connectivity index (χ2n) is 9.07. The Kier molecular flexibility index (Phi) is 10.3. The summed E-state index contributed by atoms with van der Waals surface area (Å²) in [5.74, 6) is -0.693. The Morgan fingerprint density at radius 3 is 2.26 bits per heavy atom. The van der Waals surface area contributed by atoms with Gasteiger partial charge in [-0.3, -0.25) is 9.59 Å². The van der Waals surface area contributed by atoms with E-state index in [0.29, 0.717) is 5.56 Å². The van der Waals surface area contributed by atoms with Crippen molar-refractivity contribution in [2.24, 2.45) is 0 Å². The van der Waals surface area contributed by atoms with E-state index in [4.69, 9.17) is 9.16 Å². The van der Waals surface area contributed by atoms with E-state index in [1.165, 1.54) is 13.0 Å². The number of nitrogens with zero attached hydrogens (tertiary/aromatic N) is 1. The normalized spacial score (nSPS) is 13.1.